The van der Waals surface area contributed by atoms with Crippen molar-refractivity contribution in [2.75, 3.05) is 36.0 Å². The minimum atomic E-state index is 0.353. The van der Waals surface area contributed by atoms with Gasteiger partial charge in [-0.1, -0.05) is 0 Å². The lowest BCUT2D eigenvalue weighted by Gasteiger charge is -2.29. The van der Waals surface area contributed by atoms with Crippen LogP contribution in [0.4, 0.5) is 11.4 Å². The molecule has 1 unspecified atom stereocenters. The molecule has 18 heavy (non-hydrogen) atoms. The Hall–Kier alpha value is -1.22. The summed E-state index contributed by atoms with van der Waals surface area (Å²) in [5.74, 6) is 0. The minimum absolute atomic E-state index is 0.353. The van der Waals surface area contributed by atoms with E-state index in [9.17, 15) is 0 Å². The number of hydrogen-bond acceptors (Lipinski definition) is 3. The average Bonchev–Trinajstić information content (AvgIpc) is 2.87. The molecule has 2 aliphatic heterocycles. The minimum Gasteiger partial charge on any atom is -0.372 e. The molecule has 1 atom stereocenters. The lowest BCUT2D eigenvalue weighted by atomic mass is 10.1. The van der Waals surface area contributed by atoms with Crippen molar-refractivity contribution in [2.45, 2.75) is 31.7 Å². The molecule has 1 aromatic carbocycles. The van der Waals surface area contributed by atoms with Gasteiger partial charge >= 0.3 is 0 Å². The number of nitrogens with zero attached hydrogens (tertiary/aromatic N) is 2. The summed E-state index contributed by atoms with van der Waals surface area (Å²) in [6, 6.07) is 9.39. The monoisotopic (exact) mass is 245 g/mol. The highest BCUT2D eigenvalue weighted by molar-refractivity contribution is 5.57. The maximum atomic E-state index is 5.96. The average molecular weight is 245 g/mol. The molecule has 0 saturated carbocycles. The summed E-state index contributed by atoms with van der Waals surface area (Å²) >= 11 is 0. The van der Waals surface area contributed by atoms with E-state index in [1.165, 1.54) is 43.7 Å². The fourth-order valence-electron chi connectivity index (χ4n) is 3.05. The second kappa shape index (κ2) is 5.19. The highest BCUT2D eigenvalue weighted by Gasteiger charge is 2.19. The van der Waals surface area contributed by atoms with E-state index in [1.807, 2.05) is 0 Å². The van der Waals surface area contributed by atoms with E-state index in [0.717, 1.165) is 19.5 Å². The summed E-state index contributed by atoms with van der Waals surface area (Å²) in [5, 5.41) is 0. The maximum absolute atomic E-state index is 5.96. The summed E-state index contributed by atoms with van der Waals surface area (Å²) in [7, 11) is 0. The molecule has 0 spiro atoms. The first-order valence-electron chi connectivity index (χ1n) is 7.18. The second-order valence-corrected chi connectivity index (χ2v) is 5.56. The third-order valence-electron chi connectivity index (χ3n) is 4.16. The van der Waals surface area contributed by atoms with Gasteiger partial charge in [-0.05, 0) is 49.9 Å². The van der Waals surface area contributed by atoms with Crippen molar-refractivity contribution < 1.29 is 0 Å². The van der Waals surface area contributed by atoms with E-state index in [1.54, 1.807) is 0 Å². The lowest BCUT2D eigenvalue weighted by Crippen LogP contribution is -2.29. The molecule has 2 saturated heterocycles. The lowest BCUT2D eigenvalue weighted by molar-refractivity contribution is 0.578. The molecule has 3 heteroatoms. The Morgan fingerprint density at radius 1 is 0.833 bits per heavy atom. The molecule has 0 amide bonds. The van der Waals surface area contributed by atoms with E-state index < -0.39 is 0 Å². The van der Waals surface area contributed by atoms with Gasteiger partial charge < -0.3 is 15.5 Å². The van der Waals surface area contributed by atoms with Crippen molar-refractivity contribution in [3.8, 4) is 0 Å². The van der Waals surface area contributed by atoms with Crippen LogP contribution < -0.4 is 15.5 Å². The summed E-state index contributed by atoms with van der Waals surface area (Å²) in [6.07, 6.45) is 5.18. The third kappa shape index (κ3) is 2.46. The Bertz CT molecular complexity index is 357. The van der Waals surface area contributed by atoms with Crippen LogP contribution in [0.5, 0.6) is 0 Å². The standard InChI is InChI=1S/C15H23N3/c16-13-8-11-18(12-13)15-6-4-14(5-7-15)17-9-2-1-3-10-17/h4-7,13H,1-3,8-12,16H2. The number of benzene rings is 1. The highest BCUT2D eigenvalue weighted by Crippen LogP contribution is 2.25. The molecule has 1 aromatic rings. The molecule has 0 bridgehead atoms. The van der Waals surface area contributed by atoms with Gasteiger partial charge in [0, 0.05) is 43.6 Å². The smallest absolute Gasteiger partial charge is 0.0368 e. The first-order valence-corrected chi connectivity index (χ1v) is 7.18. The van der Waals surface area contributed by atoms with Gasteiger partial charge in [0.2, 0.25) is 0 Å². The number of piperidine rings is 1. The van der Waals surface area contributed by atoms with Crippen LogP contribution in [0.25, 0.3) is 0 Å². The molecule has 2 N–H and O–H groups in total. The van der Waals surface area contributed by atoms with Gasteiger partial charge in [-0.25, -0.2) is 0 Å². The van der Waals surface area contributed by atoms with Crippen molar-refractivity contribution in [3.63, 3.8) is 0 Å². The van der Waals surface area contributed by atoms with Crippen LogP contribution in [-0.2, 0) is 0 Å². The zero-order valence-corrected chi connectivity index (χ0v) is 11.0. The Morgan fingerprint density at radius 3 is 2.00 bits per heavy atom. The van der Waals surface area contributed by atoms with E-state index in [2.05, 4.69) is 34.1 Å². The van der Waals surface area contributed by atoms with Crippen LogP contribution in [0.1, 0.15) is 25.7 Å². The summed E-state index contributed by atoms with van der Waals surface area (Å²) in [6.45, 7) is 4.54. The molecule has 0 radical (unpaired) electrons. The highest BCUT2D eigenvalue weighted by atomic mass is 15.2. The Labute approximate surface area is 110 Å². The maximum Gasteiger partial charge on any atom is 0.0368 e. The van der Waals surface area contributed by atoms with Crippen LogP contribution in [-0.4, -0.2) is 32.2 Å². The molecule has 0 aromatic heterocycles. The zero-order chi connectivity index (χ0) is 12.4. The van der Waals surface area contributed by atoms with Gasteiger partial charge in [0.25, 0.3) is 0 Å². The molecule has 2 fully saturated rings. The molecular weight excluding hydrogens is 222 g/mol. The number of hydrogen-bond donors (Lipinski definition) is 1. The SMILES string of the molecule is NC1CCN(c2ccc(N3CCCCC3)cc2)C1. The van der Waals surface area contributed by atoms with E-state index in [-0.39, 0.29) is 0 Å². The first kappa shape index (κ1) is 11.8. The summed E-state index contributed by atoms with van der Waals surface area (Å²) < 4.78 is 0. The second-order valence-electron chi connectivity index (χ2n) is 5.56. The van der Waals surface area contributed by atoms with Crippen LogP contribution in [0, 0.1) is 0 Å². The molecule has 0 aliphatic carbocycles. The van der Waals surface area contributed by atoms with Gasteiger partial charge in [0.1, 0.15) is 0 Å². The van der Waals surface area contributed by atoms with Crippen LogP contribution >= 0.6 is 0 Å². The largest absolute Gasteiger partial charge is 0.372 e. The van der Waals surface area contributed by atoms with Crippen molar-refractivity contribution in [3.05, 3.63) is 24.3 Å². The first-order chi connectivity index (χ1) is 8.83. The quantitative estimate of drug-likeness (QED) is 0.867. The topological polar surface area (TPSA) is 32.5 Å². The predicted octanol–water partition coefficient (Wildman–Crippen LogP) is 2.21. The number of nitrogens with two attached hydrogens (primary N) is 1. The molecule has 2 aliphatic rings. The van der Waals surface area contributed by atoms with Crippen molar-refractivity contribution in [1.82, 2.24) is 0 Å². The molecular formula is C15H23N3. The summed E-state index contributed by atoms with van der Waals surface area (Å²) in [4.78, 5) is 4.90. The molecule has 2 heterocycles. The number of anilines is 2. The van der Waals surface area contributed by atoms with E-state index in [0.29, 0.717) is 6.04 Å². The fourth-order valence-corrected chi connectivity index (χ4v) is 3.05. The van der Waals surface area contributed by atoms with Crippen LogP contribution in [0.15, 0.2) is 24.3 Å². The van der Waals surface area contributed by atoms with E-state index in [4.69, 9.17) is 5.73 Å². The van der Waals surface area contributed by atoms with Crippen LogP contribution in [0.3, 0.4) is 0 Å². The van der Waals surface area contributed by atoms with Gasteiger partial charge in [-0.2, -0.15) is 0 Å². The van der Waals surface area contributed by atoms with Gasteiger partial charge in [0.05, 0.1) is 0 Å². The van der Waals surface area contributed by atoms with Crippen molar-refractivity contribution in [2.24, 2.45) is 5.73 Å². The summed E-state index contributed by atoms with van der Waals surface area (Å²) in [5.41, 5.74) is 8.66. The molecule has 98 valence electrons. The predicted molar refractivity (Wildman–Crippen MR) is 77.3 cm³/mol. The normalized spacial score (nSPS) is 24.6. The van der Waals surface area contributed by atoms with Gasteiger partial charge in [0.15, 0.2) is 0 Å². The fraction of sp³-hybridized carbons (Fsp3) is 0.600. The van der Waals surface area contributed by atoms with Crippen molar-refractivity contribution in [1.29, 1.82) is 0 Å². The Kier molecular flexibility index (Phi) is 3.41. The van der Waals surface area contributed by atoms with Crippen molar-refractivity contribution >= 4 is 11.4 Å². The Morgan fingerprint density at radius 2 is 1.44 bits per heavy atom. The number of rotatable bonds is 2. The van der Waals surface area contributed by atoms with E-state index >= 15 is 0 Å². The van der Waals surface area contributed by atoms with Crippen LogP contribution in [0.2, 0.25) is 0 Å². The molecule has 3 rings (SSSR count). The third-order valence-corrected chi connectivity index (χ3v) is 4.16. The molecule has 3 nitrogen and oxygen atoms in total. The Balaban J connectivity index is 1.68. The van der Waals surface area contributed by atoms with Gasteiger partial charge in [-0.3, -0.25) is 0 Å². The van der Waals surface area contributed by atoms with Gasteiger partial charge in [-0.15, -0.1) is 0 Å². The zero-order valence-electron chi connectivity index (χ0n) is 11.0.